The first kappa shape index (κ1) is 18.6. The maximum absolute atomic E-state index is 12.9. The first-order valence-electron chi connectivity index (χ1n) is 8.66. The number of hydrogen-bond acceptors (Lipinski definition) is 6. The smallest absolute Gasteiger partial charge is 0.256 e. The Balaban J connectivity index is 1.85. The lowest BCUT2D eigenvalue weighted by molar-refractivity contribution is -0.121. The second-order valence-corrected chi connectivity index (χ2v) is 5.94. The van der Waals surface area contributed by atoms with Crippen molar-refractivity contribution in [2.24, 2.45) is 0 Å². The van der Waals surface area contributed by atoms with Crippen LogP contribution >= 0.6 is 0 Å². The van der Waals surface area contributed by atoms with Gasteiger partial charge in [0.05, 0.1) is 38.6 Å². The number of rotatable bonds is 7. The van der Waals surface area contributed by atoms with Gasteiger partial charge in [0.2, 0.25) is 5.91 Å². The highest BCUT2D eigenvalue weighted by molar-refractivity contribution is 6.23. The van der Waals surface area contributed by atoms with Crippen molar-refractivity contribution in [1.82, 2.24) is 0 Å². The lowest BCUT2D eigenvalue weighted by atomic mass is 10.2. The molecule has 1 N–H and O–H groups in total. The zero-order chi connectivity index (χ0) is 19.4. The number of methoxy groups -OCH3 is 2. The number of benzene rings is 2. The van der Waals surface area contributed by atoms with Crippen LogP contribution < -0.4 is 24.4 Å². The van der Waals surface area contributed by atoms with Gasteiger partial charge >= 0.3 is 0 Å². The van der Waals surface area contributed by atoms with Gasteiger partial charge in [0, 0.05) is 6.07 Å². The standard InChI is InChI=1S/C20H22N2O5/c1-4-27-17-8-6-5-7-16(17)22-19(23)12-15(20(22)24)21-14-10-9-13(25-2)11-18(14)26-3/h5-11,15,21H,4,12H2,1-3H3. The Kier molecular flexibility index (Phi) is 5.49. The topological polar surface area (TPSA) is 77.1 Å². The summed E-state index contributed by atoms with van der Waals surface area (Å²) < 4.78 is 16.1. The lowest BCUT2D eigenvalue weighted by Crippen LogP contribution is -2.35. The minimum absolute atomic E-state index is 0.0501. The molecule has 1 fully saturated rings. The number of carbonyl (C=O) groups excluding carboxylic acids is 2. The SMILES string of the molecule is CCOc1ccccc1N1C(=O)CC(Nc2ccc(OC)cc2OC)C1=O. The first-order chi connectivity index (χ1) is 13.1. The van der Waals surface area contributed by atoms with Crippen molar-refractivity contribution in [3.05, 3.63) is 42.5 Å². The fraction of sp³-hybridized carbons (Fsp3) is 0.300. The van der Waals surface area contributed by atoms with E-state index < -0.39 is 6.04 Å². The van der Waals surface area contributed by atoms with E-state index in [0.717, 1.165) is 0 Å². The van der Waals surface area contributed by atoms with Gasteiger partial charge in [0.25, 0.3) is 5.91 Å². The number of ether oxygens (including phenoxy) is 3. The molecule has 3 rings (SSSR count). The van der Waals surface area contributed by atoms with E-state index in [-0.39, 0.29) is 18.2 Å². The van der Waals surface area contributed by atoms with Gasteiger partial charge in [-0.3, -0.25) is 9.59 Å². The molecule has 7 heteroatoms. The summed E-state index contributed by atoms with van der Waals surface area (Å²) in [7, 11) is 3.10. The zero-order valence-corrected chi connectivity index (χ0v) is 15.5. The van der Waals surface area contributed by atoms with Gasteiger partial charge in [-0.05, 0) is 31.2 Å². The third kappa shape index (κ3) is 3.67. The minimum Gasteiger partial charge on any atom is -0.497 e. The summed E-state index contributed by atoms with van der Waals surface area (Å²) in [6.45, 7) is 2.29. The summed E-state index contributed by atoms with van der Waals surface area (Å²) >= 11 is 0. The molecule has 2 amide bonds. The Bertz CT molecular complexity index is 852. The Morgan fingerprint density at radius 3 is 2.56 bits per heavy atom. The molecule has 0 saturated carbocycles. The first-order valence-corrected chi connectivity index (χ1v) is 8.66. The van der Waals surface area contributed by atoms with Crippen LogP contribution in [0.3, 0.4) is 0 Å². The van der Waals surface area contributed by atoms with Crippen LogP contribution in [0.15, 0.2) is 42.5 Å². The normalized spacial score (nSPS) is 16.4. The summed E-state index contributed by atoms with van der Waals surface area (Å²) in [6, 6.07) is 11.6. The molecule has 1 aliphatic heterocycles. The highest BCUT2D eigenvalue weighted by atomic mass is 16.5. The third-order valence-electron chi connectivity index (χ3n) is 4.29. The van der Waals surface area contributed by atoms with Gasteiger partial charge in [-0.1, -0.05) is 12.1 Å². The molecule has 0 aliphatic carbocycles. The fourth-order valence-corrected chi connectivity index (χ4v) is 3.02. The highest BCUT2D eigenvalue weighted by Gasteiger charge is 2.41. The monoisotopic (exact) mass is 370 g/mol. The van der Waals surface area contributed by atoms with Gasteiger partial charge in [-0.25, -0.2) is 4.90 Å². The van der Waals surface area contributed by atoms with Crippen molar-refractivity contribution < 1.29 is 23.8 Å². The summed E-state index contributed by atoms with van der Waals surface area (Å²) in [5, 5.41) is 3.11. The van der Waals surface area contributed by atoms with Crippen molar-refractivity contribution in [3.8, 4) is 17.2 Å². The lowest BCUT2D eigenvalue weighted by Gasteiger charge is -2.19. The van der Waals surface area contributed by atoms with Crippen LogP contribution in [0.2, 0.25) is 0 Å². The van der Waals surface area contributed by atoms with Crippen LogP contribution in [0, 0.1) is 0 Å². The molecule has 2 aromatic carbocycles. The van der Waals surface area contributed by atoms with E-state index in [1.165, 1.54) is 12.0 Å². The maximum Gasteiger partial charge on any atom is 0.256 e. The average Bonchev–Trinajstić information content (AvgIpc) is 2.96. The van der Waals surface area contributed by atoms with Gasteiger partial charge in [0.1, 0.15) is 23.3 Å². The van der Waals surface area contributed by atoms with Crippen molar-refractivity contribution in [2.75, 3.05) is 31.0 Å². The van der Waals surface area contributed by atoms with Crippen molar-refractivity contribution in [3.63, 3.8) is 0 Å². The molecule has 142 valence electrons. The van der Waals surface area contributed by atoms with Gasteiger partial charge in [0.15, 0.2) is 0 Å². The second kappa shape index (κ2) is 7.99. The average molecular weight is 370 g/mol. The molecular weight excluding hydrogens is 348 g/mol. The largest absolute Gasteiger partial charge is 0.497 e. The Hall–Kier alpha value is -3.22. The molecule has 0 aromatic heterocycles. The van der Waals surface area contributed by atoms with Gasteiger partial charge in [-0.15, -0.1) is 0 Å². The van der Waals surface area contributed by atoms with Crippen molar-refractivity contribution in [1.29, 1.82) is 0 Å². The van der Waals surface area contributed by atoms with E-state index in [9.17, 15) is 9.59 Å². The minimum atomic E-state index is -0.686. The van der Waals surface area contributed by atoms with E-state index in [0.29, 0.717) is 35.2 Å². The molecule has 0 bridgehead atoms. The molecular formula is C20H22N2O5. The molecule has 7 nitrogen and oxygen atoms in total. The van der Waals surface area contributed by atoms with Gasteiger partial charge < -0.3 is 19.5 Å². The van der Waals surface area contributed by atoms with Crippen LogP contribution in [0.1, 0.15) is 13.3 Å². The highest BCUT2D eigenvalue weighted by Crippen LogP contribution is 2.35. The number of para-hydroxylation sites is 2. The number of imide groups is 1. The summed E-state index contributed by atoms with van der Waals surface area (Å²) in [5.74, 6) is 1.06. The number of anilines is 2. The van der Waals surface area contributed by atoms with Crippen LogP contribution in [-0.2, 0) is 9.59 Å². The molecule has 27 heavy (non-hydrogen) atoms. The van der Waals surface area contributed by atoms with Crippen LogP contribution in [-0.4, -0.2) is 38.7 Å². The number of carbonyl (C=O) groups is 2. The van der Waals surface area contributed by atoms with E-state index in [2.05, 4.69) is 5.32 Å². The van der Waals surface area contributed by atoms with E-state index in [1.54, 1.807) is 49.6 Å². The zero-order valence-electron chi connectivity index (χ0n) is 15.5. The summed E-state index contributed by atoms with van der Waals surface area (Å²) in [5.41, 5.74) is 1.07. The van der Waals surface area contributed by atoms with Crippen LogP contribution in [0.5, 0.6) is 17.2 Å². The maximum atomic E-state index is 12.9. The van der Waals surface area contributed by atoms with Crippen LogP contribution in [0.25, 0.3) is 0 Å². The van der Waals surface area contributed by atoms with Crippen molar-refractivity contribution in [2.45, 2.75) is 19.4 Å². The Morgan fingerprint density at radius 1 is 1.07 bits per heavy atom. The predicted octanol–water partition coefficient (Wildman–Crippen LogP) is 2.85. The summed E-state index contributed by atoms with van der Waals surface area (Å²) in [4.78, 5) is 26.7. The van der Waals surface area contributed by atoms with E-state index >= 15 is 0 Å². The third-order valence-corrected chi connectivity index (χ3v) is 4.29. The second-order valence-electron chi connectivity index (χ2n) is 5.94. The van der Waals surface area contributed by atoms with Gasteiger partial charge in [-0.2, -0.15) is 0 Å². The molecule has 0 radical (unpaired) electrons. The molecule has 1 saturated heterocycles. The summed E-state index contributed by atoms with van der Waals surface area (Å²) in [6.07, 6.45) is 0.0501. The Morgan fingerprint density at radius 2 is 1.85 bits per heavy atom. The fourth-order valence-electron chi connectivity index (χ4n) is 3.02. The number of nitrogens with zero attached hydrogens (tertiary/aromatic N) is 1. The molecule has 0 spiro atoms. The van der Waals surface area contributed by atoms with Crippen molar-refractivity contribution >= 4 is 23.2 Å². The van der Waals surface area contributed by atoms with E-state index in [1.807, 2.05) is 6.92 Å². The Labute approximate surface area is 157 Å². The quantitative estimate of drug-likeness (QED) is 0.755. The molecule has 1 atom stereocenters. The molecule has 2 aromatic rings. The van der Waals surface area contributed by atoms with E-state index in [4.69, 9.17) is 14.2 Å². The predicted molar refractivity (Wildman–Crippen MR) is 102 cm³/mol. The number of hydrogen-bond donors (Lipinski definition) is 1. The molecule has 1 unspecified atom stereocenters. The number of nitrogens with one attached hydrogen (secondary N) is 1. The molecule has 1 aliphatic rings. The van der Waals surface area contributed by atoms with Crippen LogP contribution in [0.4, 0.5) is 11.4 Å². The molecule has 1 heterocycles. The number of amides is 2.